The van der Waals surface area contributed by atoms with Crippen LogP contribution in [0.5, 0.6) is 5.75 Å². The highest BCUT2D eigenvalue weighted by atomic mass is 35.5. The number of fused-ring (bicyclic) bond motifs is 1. The Morgan fingerprint density at radius 3 is 2.77 bits per heavy atom. The fourth-order valence-electron chi connectivity index (χ4n) is 2.77. The van der Waals surface area contributed by atoms with E-state index in [1.807, 2.05) is 13.0 Å². The normalized spacial score (nSPS) is 11.7. The van der Waals surface area contributed by atoms with Crippen molar-refractivity contribution in [3.63, 3.8) is 0 Å². The highest BCUT2D eigenvalue weighted by molar-refractivity contribution is 7.14. The fourth-order valence-corrected chi connectivity index (χ4v) is 3.72. The Labute approximate surface area is 185 Å². The first-order chi connectivity index (χ1) is 14.4. The third-order valence-electron chi connectivity index (χ3n) is 4.38. The number of hydrazone groups is 1. The van der Waals surface area contributed by atoms with Crippen molar-refractivity contribution in [2.75, 3.05) is 12.5 Å². The molecule has 0 saturated carbocycles. The molecule has 9 heteroatoms. The summed E-state index contributed by atoms with van der Waals surface area (Å²) in [4.78, 5) is 16.9. The van der Waals surface area contributed by atoms with Crippen LogP contribution in [0.1, 0.15) is 12.5 Å². The Balaban J connectivity index is 1.60. The highest BCUT2D eigenvalue weighted by Crippen LogP contribution is 2.27. The van der Waals surface area contributed by atoms with Crippen LogP contribution in [-0.2, 0) is 0 Å². The van der Waals surface area contributed by atoms with E-state index in [9.17, 15) is 4.79 Å². The zero-order chi connectivity index (χ0) is 21.3. The molecule has 0 saturated heterocycles. The summed E-state index contributed by atoms with van der Waals surface area (Å²) in [7, 11) is 1.58. The maximum absolute atomic E-state index is 12.4. The third-order valence-corrected chi connectivity index (χ3v) is 5.86. The predicted octanol–water partition coefficient (Wildman–Crippen LogP) is 6.07. The lowest BCUT2D eigenvalue weighted by Gasteiger charge is -2.03. The Kier molecular flexibility index (Phi) is 5.76. The SMILES string of the molecule is COc1ccc2oc(=O)c(-c3csc(N/N=C(/C)c4ccc(Cl)c(Cl)c4)n3)cc2c1. The number of anilines is 1. The Bertz CT molecular complexity index is 1330. The Hall–Kier alpha value is -2.87. The Morgan fingerprint density at radius 1 is 1.17 bits per heavy atom. The summed E-state index contributed by atoms with van der Waals surface area (Å²) in [6, 6.07) is 12.3. The first-order valence-corrected chi connectivity index (χ1v) is 10.4. The first-order valence-electron chi connectivity index (χ1n) is 8.78. The number of benzene rings is 2. The van der Waals surface area contributed by atoms with Crippen LogP contribution >= 0.6 is 34.5 Å². The quantitative estimate of drug-likeness (QED) is 0.222. The number of hydrogen-bond acceptors (Lipinski definition) is 7. The molecule has 0 bridgehead atoms. The monoisotopic (exact) mass is 459 g/mol. The van der Waals surface area contributed by atoms with Crippen molar-refractivity contribution in [3.8, 4) is 17.0 Å². The molecule has 0 aliphatic heterocycles. The lowest BCUT2D eigenvalue weighted by molar-refractivity contribution is 0.415. The van der Waals surface area contributed by atoms with Crippen molar-refractivity contribution in [1.29, 1.82) is 0 Å². The van der Waals surface area contributed by atoms with Gasteiger partial charge < -0.3 is 9.15 Å². The van der Waals surface area contributed by atoms with E-state index in [0.29, 0.717) is 43.5 Å². The van der Waals surface area contributed by atoms with E-state index in [4.69, 9.17) is 32.4 Å². The number of thiazole rings is 1. The summed E-state index contributed by atoms with van der Waals surface area (Å²) in [5.74, 6) is 0.676. The van der Waals surface area contributed by atoms with Crippen LogP contribution in [0, 0.1) is 0 Å². The molecular formula is C21H15Cl2N3O3S. The molecule has 0 aliphatic carbocycles. The molecule has 0 radical (unpaired) electrons. The van der Waals surface area contributed by atoms with Gasteiger partial charge in [0.25, 0.3) is 0 Å². The van der Waals surface area contributed by atoms with Crippen molar-refractivity contribution < 1.29 is 9.15 Å². The van der Waals surface area contributed by atoms with Crippen LogP contribution in [0.3, 0.4) is 0 Å². The van der Waals surface area contributed by atoms with Gasteiger partial charge in [-0.3, -0.25) is 5.43 Å². The molecule has 0 amide bonds. The maximum Gasteiger partial charge on any atom is 0.345 e. The maximum atomic E-state index is 12.4. The highest BCUT2D eigenvalue weighted by Gasteiger charge is 2.12. The van der Waals surface area contributed by atoms with Gasteiger partial charge in [0.15, 0.2) is 0 Å². The van der Waals surface area contributed by atoms with Crippen LogP contribution < -0.4 is 15.8 Å². The fraction of sp³-hybridized carbons (Fsp3) is 0.0952. The van der Waals surface area contributed by atoms with E-state index in [-0.39, 0.29) is 0 Å². The number of ether oxygens (including phenoxy) is 1. The van der Waals surface area contributed by atoms with Crippen LogP contribution in [0.15, 0.2) is 62.2 Å². The molecule has 0 fully saturated rings. The summed E-state index contributed by atoms with van der Waals surface area (Å²) in [6.07, 6.45) is 0. The molecule has 0 unspecified atom stereocenters. The molecule has 0 spiro atoms. The standard InChI is InChI=1S/C21H15Cl2N3O3S/c1-11(12-3-5-16(22)17(23)9-12)25-26-21-24-18(10-30-21)15-8-13-7-14(28-2)4-6-19(13)29-20(15)27/h3-10H,1-2H3,(H,24,26)/b25-11-. The second-order valence-electron chi connectivity index (χ2n) is 6.33. The van der Waals surface area contributed by atoms with Gasteiger partial charge in [-0.25, -0.2) is 9.78 Å². The minimum atomic E-state index is -0.458. The molecule has 30 heavy (non-hydrogen) atoms. The van der Waals surface area contributed by atoms with Crippen molar-refractivity contribution in [2.24, 2.45) is 5.10 Å². The summed E-state index contributed by atoms with van der Waals surface area (Å²) in [5, 5.41) is 8.33. The van der Waals surface area contributed by atoms with Gasteiger partial charge in [-0.2, -0.15) is 5.10 Å². The van der Waals surface area contributed by atoms with Gasteiger partial charge in [0, 0.05) is 10.8 Å². The second-order valence-corrected chi connectivity index (χ2v) is 8.00. The van der Waals surface area contributed by atoms with Crippen LogP contribution in [0.4, 0.5) is 5.13 Å². The van der Waals surface area contributed by atoms with E-state index in [1.54, 1.807) is 48.9 Å². The molecule has 2 heterocycles. The molecule has 1 N–H and O–H groups in total. The number of aromatic nitrogens is 1. The van der Waals surface area contributed by atoms with Gasteiger partial charge in [0.05, 0.1) is 34.1 Å². The van der Waals surface area contributed by atoms with Crippen molar-refractivity contribution in [2.45, 2.75) is 6.92 Å². The summed E-state index contributed by atoms with van der Waals surface area (Å²) < 4.78 is 10.6. The predicted molar refractivity (Wildman–Crippen MR) is 122 cm³/mol. The van der Waals surface area contributed by atoms with E-state index in [2.05, 4.69) is 15.5 Å². The number of methoxy groups -OCH3 is 1. The smallest absolute Gasteiger partial charge is 0.345 e. The number of nitrogens with one attached hydrogen (secondary N) is 1. The zero-order valence-electron chi connectivity index (χ0n) is 15.9. The number of hydrogen-bond donors (Lipinski definition) is 1. The zero-order valence-corrected chi connectivity index (χ0v) is 18.2. The molecule has 6 nitrogen and oxygen atoms in total. The van der Waals surface area contributed by atoms with Gasteiger partial charge in [-0.1, -0.05) is 29.3 Å². The van der Waals surface area contributed by atoms with Crippen molar-refractivity contribution in [1.82, 2.24) is 4.98 Å². The van der Waals surface area contributed by atoms with Crippen LogP contribution in [-0.4, -0.2) is 17.8 Å². The van der Waals surface area contributed by atoms with E-state index in [0.717, 1.165) is 10.9 Å². The molecule has 4 aromatic rings. The average molecular weight is 460 g/mol. The molecule has 4 rings (SSSR count). The number of rotatable bonds is 5. The van der Waals surface area contributed by atoms with E-state index < -0.39 is 5.63 Å². The molecule has 0 aliphatic rings. The topological polar surface area (TPSA) is 76.7 Å². The van der Waals surface area contributed by atoms with Gasteiger partial charge in [0.2, 0.25) is 5.13 Å². The molecule has 0 atom stereocenters. The summed E-state index contributed by atoms with van der Waals surface area (Å²) in [6.45, 7) is 1.84. The molecular weight excluding hydrogens is 445 g/mol. The van der Waals surface area contributed by atoms with Gasteiger partial charge in [0.1, 0.15) is 11.3 Å². The minimum absolute atomic E-state index is 0.366. The largest absolute Gasteiger partial charge is 0.497 e. The summed E-state index contributed by atoms with van der Waals surface area (Å²) >= 11 is 13.3. The average Bonchev–Trinajstić information content (AvgIpc) is 3.22. The van der Waals surface area contributed by atoms with E-state index >= 15 is 0 Å². The van der Waals surface area contributed by atoms with Crippen molar-refractivity contribution in [3.05, 3.63) is 73.9 Å². The minimum Gasteiger partial charge on any atom is -0.497 e. The van der Waals surface area contributed by atoms with Crippen molar-refractivity contribution >= 4 is 56.4 Å². The van der Waals surface area contributed by atoms with Gasteiger partial charge in [-0.15, -0.1) is 11.3 Å². The molecule has 2 aromatic carbocycles. The van der Waals surface area contributed by atoms with Crippen LogP contribution in [0.2, 0.25) is 10.0 Å². The number of nitrogens with zero attached hydrogens (tertiary/aromatic N) is 2. The molecule has 152 valence electrons. The van der Waals surface area contributed by atoms with E-state index in [1.165, 1.54) is 11.3 Å². The Morgan fingerprint density at radius 2 is 2.00 bits per heavy atom. The lowest BCUT2D eigenvalue weighted by Crippen LogP contribution is -2.03. The second kappa shape index (κ2) is 8.47. The molecule has 2 aromatic heterocycles. The summed E-state index contributed by atoms with van der Waals surface area (Å²) in [5.41, 5.74) is 5.35. The van der Waals surface area contributed by atoms with Gasteiger partial charge in [-0.05, 0) is 48.9 Å². The first kappa shape index (κ1) is 20.4. The lowest BCUT2D eigenvalue weighted by atomic mass is 10.1. The third kappa shape index (κ3) is 4.18. The number of halogens is 2. The van der Waals surface area contributed by atoms with Crippen LogP contribution in [0.25, 0.3) is 22.2 Å². The van der Waals surface area contributed by atoms with Gasteiger partial charge >= 0.3 is 5.63 Å².